The molecule has 0 amide bonds. The number of esters is 2. The Labute approximate surface area is 424 Å². The fraction of sp³-hybridized carbons (Fsp3) is 0.841. The lowest BCUT2D eigenvalue weighted by Crippen LogP contribution is -2.30. The minimum Gasteiger partial charge on any atom is -0.462 e. The lowest BCUT2D eigenvalue weighted by molar-refractivity contribution is -0.163. The molecule has 1 atom stereocenters. The summed E-state index contributed by atoms with van der Waals surface area (Å²) in [5, 5.41) is 0. The molecule has 0 radical (unpaired) electrons. The molecule has 0 fully saturated rings. The Balaban J connectivity index is 4.21. The number of carbonyl (C=O) groups is 2. The maximum atomic E-state index is 12.9. The van der Waals surface area contributed by atoms with Crippen LogP contribution in [0, 0.1) is 0 Å². The van der Waals surface area contributed by atoms with Gasteiger partial charge in [0.05, 0.1) is 6.61 Å². The molecule has 5 nitrogen and oxygen atoms in total. The van der Waals surface area contributed by atoms with Crippen molar-refractivity contribution in [2.75, 3.05) is 19.8 Å². The number of ether oxygens (including phenoxy) is 3. The van der Waals surface area contributed by atoms with Gasteiger partial charge in [-0.25, -0.2) is 0 Å². The molecule has 0 N–H and O–H groups in total. The number of rotatable bonds is 56. The van der Waals surface area contributed by atoms with E-state index in [1.54, 1.807) is 0 Å². The van der Waals surface area contributed by atoms with Gasteiger partial charge in [-0.05, 0) is 57.8 Å². The number of allylic oxidation sites excluding steroid dienone is 8. The van der Waals surface area contributed by atoms with Gasteiger partial charge in [0, 0.05) is 19.4 Å². The summed E-state index contributed by atoms with van der Waals surface area (Å²) in [5.41, 5.74) is 0. The lowest BCUT2D eigenvalue weighted by Gasteiger charge is -2.18. The van der Waals surface area contributed by atoms with Crippen molar-refractivity contribution in [3.8, 4) is 0 Å². The lowest BCUT2D eigenvalue weighted by atomic mass is 10.0. The molecule has 1 unspecified atom stereocenters. The van der Waals surface area contributed by atoms with Gasteiger partial charge in [-0.15, -0.1) is 0 Å². The molecule has 398 valence electrons. The number of hydrogen-bond acceptors (Lipinski definition) is 5. The first-order valence-electron chi connectivity index (χ1n) is 30.2. The summed E-state index contributed by atoms with van der Waals surface area (Å²) in [6.45, 7) is 7.77. The smallest absolute Gasteiger partial charge is 0.306 e. The fourth-order valence-electron chi connectivity index (χ4n) is 8.92. The Morgan fingerprint density at radius 3 is 1.06 bits per heavy atom. The van der Waals surface area contributed by atoms with Crippen molar-refractivity contribution in [3.05, 3.63) is 48.6 Å². The van der Waals surface area contributed by atoms with E-state index in [4.69, 9.17) is 14.2 Å². The number of carbonyl (C=O) groups excluding carboxylic acids is 2. The monoisotopic (exact) mass is 953 g/mol. The predicted molar refractivity (Wildman–Crippen MR) is 298 cm³/mol. The van der Waals surface area contributed by atoms with Crippen LogP contribution in [0.3, 0.4) is 0 Å². The van der Waals surface area contributed by atoms with E-state index in [1.807, 2.05) is 0 Å². The highest BCUT2D eigenvalue weighted by Crippen LogP contribution is 2.17. The van der Waals surface area contributed by atoms with Gasteiger partial charge in [0.15, 0.2) is 6.10 Å². The van der Waals surface area contributed by atoms with Gasteiger partial charge in [-0.2, -0.15) is 0 Å². The molecular weight excluding hydrogens is 837 g/mol. The van der Waals surface area contributed by atoms with Crippen molar-refractivity contribution in [1.29, 1.82) is 0 Å². The van der Waals surface area contributed by atoms with E-state index in [0.717, 1.165) is 70.6 Å². The normalized spacial score (nSPS) is 12.5. The third-order valence-electron chi connectivity index (χ3n) is 13.4. The zero-order chi connectivity index (χ0) is 49.2. The molecule has 0 aliphatic rings. The third-order valence-corrected chi connectivity index (χ3v) is 13.4. The van der Waals surface area contributed by atoms with E-state index >= 15 is 0 Å². The second-order valence-electron chi connectivity index (χ2n) is 20.2. The summed E-state index contributed by atoms with van der Waals surface area (Å²) >= 11 is 0. The molecule has 0 aromatic heterocycles. The van der Waals surface area contributed by atoms with Gasteiger partial charge in [0.1, 0.15) is 6.61 Å². The Morgan fingerprint density at radius 2 is 0.662 bits per heavy atom. The first kappa shape index (κ1) is 65.9. The minimum atomic E-state index is -0.538. The van der Waals surface area contributed by atoms with E-state index in [9.17, 15) is 9.59 Å². The Kier molecular flexibility index (Phi) is 57.3. The summed E-state index contributed by atoms with van der Waals surface area (Å²) in [4.78, 5) is 25.5. The summed E-state index contributed by atoms with van der Waals surface area (Å²) < 4.78 is 17.5. The highest BCUT2D eigenvalue weighted by atomic mass is 16.6. The predicted octanol–water partition coefficient (Wildman–Crippen LogP) is 20.7. The van der Waals surface area contributed by atoms with Gasteiger partial charge in [0.2, 0.25) is 0 Å². The van der Waals surface area contributed by atoms with Crippen molar-refractivity contribution in [2.24, 2.45) is 0 Å². The Morgan fingerprint density at radius 1 is 0.338 bits per heavy atom. The molecule has 0 saturated heterocycles. The molecule has 0 saturated carbocycles. The first-order chi connectivity index (χ1) is 33.6. The number of hydrogen-bond donors (Lipinski definition) is 0. The molecule has 5 heteroatoms. The highest BCUT2D eigenvalue weighted by molar-refractivity contribution is 5.70. The van der Waals surface area contributed by atoms with Crippen LogP contribution in [0.4, 0.5) is 0 Å². The van der Waals surface area contributed by atoms with Crippen molar-refractivity contribution in [1.82, 2.24) is 0 Å². The molecule has 0 rings (SSSR count). The van der Waals surface area contributed by atoms with Crippen molar-refractivity contribution in [2.45, 2.75) is 322 Å². The molecule has 0 aliphatic carbocycles. The molecule has 0 aromatic carbocycles. The highest BCUT2D eigenvalue weighted by Gasteiger charge is 2.17. The van der Waals surface area contributed by atoms with Crippen LogP contribution in [0.5, 0.6) is 0 Å². The van der Waals surface area contributed by atoms with Crippen molar-refractivity contribution >= 4 is 11.9 Å². The summed E-state index contributed by atoms with van der Waals surface area (Å²) in [7, 11) is 0. The van der Waals surface area contributed by atoms with Gasteiger partial charge in [-0.1, -0.05) is 294 Å². The molecule has 68 heavy (non-hydrogen) atoms. The average molecular weight is 954 g/mol. The molecular formula is C63H116O5. The number of unbranched alkanes of at least 4 members (excludes halogenated alkanes) is 37. The van der Waals surface area contributed by atoms with Crippen LogP contribution in [0.2, 0.25) is 0 Å². The van der Waals surface area contributed by atoms with Gasteiger partial charge in [-0.3, -0.25) is 9.59 Å². The van der Waals surface area contributed by atoms with Crippen LogP contribution in [-0.4, -0.2) is 37.9 Å². The second-order valence-corrected chi connectivity index (χ2v) is 20.2. The van der Waals surface area contributed by atoms with Crippen LogP contribution < -0.4 is 0 Å². The van der Waals surface area contributed by atoms with Gasteiger partial charge >= 0.3 is 11.9 Å². The minimum absolute atomic E-state index is 0.0831. The molecule has 0 heterocycles. The Hall–Kier alpha value is -2.14. The summed E-state index contributed by atoms with van der Waals surface area (Å²) in [6.07, 6.45) is 74.3. The van der Waals surface area contributed by atoms with E-state index < -0.39 is 6.10 Å². The first-order valence-corrected chi connectivity index (χ1v) is 30.2. The maximum absolute atomic E-state index is 12.9. The second kappa shape index (κ2) is 59.2. The van der Waals surface area contributed by atoms with Gasteiger partial charge in [0.25, 0.3) is 0 Å². The van der Waals surface area contributed by atoms with Crippen LogP contribution in [0.25, 0.3) is 0 Å². The summed E-state index contributed by atoms with van der Waals surface area (Å²) in [5.74, 6) is -0.394. The topological polar surface area (TPSA) is 61.8 Å². The zero-order valence-electron chi connectivity index (χ0n) is 45.9. The SMILES string of the molecule is CC/C=C\C/C=C\C/C=C\C/C=C\CCCCCCCCC(=O)OCC(COCCCCCCCCCCCCCCCCCCCCCC)OC(=O)CCCCCCCCCCCCCCC. The fourth-order valence-corrected chi connectivity index (χ4v) is 8.92. The molecule has 0 aliphatic heterocycles. The zero-order valence-corrected chi connectivity index (χ0v) is 45.9. The van der Waals surface area contributed by atoms with Crippen LogP contribution in [-0.2, 0) is 23.8 Å². The van der Waals surface area contributed by atoms with Crippen LogP contribution in [0.1, 0.15) is 316 Å². The van der Waals surface area contributed by atoms with Crippen LogP contribution >= 0.6 is 0 Å². The van der Waals surface area contributed by atoms with E-state index in [0.29, 0.717) is 19.4 Å². The van der Waals surface area contributed by atoms with E-state index in [-0.39, 0.29) is 25.2 Å². The van der Waals surface area contributed by atoms with E-state index in [1.165, 1.54) is 212 Å². The quantitative estimate of drug-likeness (QED) is 0.0345. The van der Waals surface area contributed by atoms with Crippen molar-refractivity contribution < 1.29 is 23.8 Å². The molecule has 0 bridgehead atoms. The third kappa shape index (κ3) is 56.4. The molecule has 0 spiro atoms. The summed E-state index contributed by atoms with van der Waals surface area (Å²) in [6, 6.07) is 0. The Bertz CT molecular complexity index is 1120. The van der Waals surface area contributed by atoms with Gasteiger partial charge < -0.3 is 14.2 Å². The maximum Gasteiger partial charge on any atom is 0.306 e. The van der Waals surface area contributed by atoms with Crippen LogP contribution in [0.15, 0.2) is 48.6 Å². The standard InChI is InChI=1S/C63H116O5/c1-4-7-10-13-16-19-22-25-27-29-31-33-35-37-40-43-46-49-52-55-58-66-59-61(68-63(65)57-54-51-48-45-42-38-24-21-18-15-12-9-6-3)60-67-62(64)56-53-50-47-44-41-39-36-34-32-30-28-26-23-20-17-14-11-8-5-2/h8,11,17,20,26,28,32,34,61H,4-7,9-10,12-16,18-19,21-25,27,29-31,33,35-60H2,1-3H3/b11-8-,20-17-,28-26-,34-32-. The molecule has 0 aromatic rings. The van der Waals surface area contributed by atoms with E-state index in [2.05, 4.69) is 69.4 Å². The largest absolute Gasteiger partial charge is 0.462 e. The van der Waals surface area contributed by atoms with Crippen molar-refractivity contribution in [3.63, 3.8) is 0 Å². The average Bonchev–Trinajstić information content (AvgIpc) is 3.34.